The van der Waals surface area contributed by atoms with Crippen LogP contribution in [0.4, 0.5) is 0 Å². The Balaban J connectivity index is 1.51. The van der Waals surface area contributed by atoms with Gasteiger partial charge in [-0.3, -0.25) is 4.90 Å². The molecule has 2 fully saturated rings. The SMILES string of the molecule is CCCCN(CCNCC1CC1)C1CC1. The van der Waals surface area contributed by atoms with Crippen LogP contribution >= 0.6 is 0 Å². The maximum Gasteiger partial charge on any atom is 0.0110 e. The monoisotopic (exact) mass is 210 g/mol. The molecule has 0 amide bonds. The molecule has 0 aliphatic heterocycles. The van der Waals surface area contributed by atoms with E-state index in [9.17, 15) is 0 Å². The van der Waals surface area contributed by atoms with E-state index in [1.165, 1.54) is 64.7 Å². The Bertz CT molecular complexity index is 173. The second-order valence-electron chi connectivity index (χ2n) is 5.27. The molecule has 0 unspecified atom stereocenters. The highest BCUT2D eigenvalue weighted by molar-refractivity contribution is 4.85. The molecule has 2 saturated carbocycles. The average molecular weight is 210 g/mol. The minimum atomic E-state index is 0.944. The molecule has 15 heavy (non-hydrogen) atoms. The predicted molar refractivity (Wildman–Crippen MR) is 65.1 cm³/mol. The predicted octanol–water partition coefficient (Wildman–Crippen LogP) is 2.25. The third kappa shape index (κ3) is 4.52. The number of nitrogens with zero attached hydrogens (tertiary/aromatic N) is 1. The highest BCUT2D eigenvalue weighted by atomic mass is 15.2. The van der Waals surface area contributed by atoms with Crippen LogP contribution in [-0.2, 0) is 0 Å². The number of hydrogen-bond acceptors (Lipinski definition) is 2. The maximum atomic E-state index is 3.60. The van der Waals surface area contributed by atoms with Gasteiger partial charge in [-0.1, -0.05) is 13.3 Å². The van der Waals surface area contributed by atoms with E-state index >= 15 is 0 Å². The van der Waals surface area contributed by atoms with Gasteiger partial charge >= 0.3 is 0 Å². The van der Waals surface area contributed by atoms with Crippen LogP contribution in [0.1, 0.15) is 45.4 Å². The Morgan fingerprint density at radius 1 is 1.13 bits per heavy atom. The summed E-state index contributed by atoms with van der Waals surface area (Å²) in [6, 6.07) is 0.944. The van der Waals surface area contributed by atoms with Crippen molar-refractivity contribution in [3.63, 3.8) is 0 Å². The largest absolute Gasteiger partial charge is 0.315 e. The van der Waals surface area contributed by atoms with Gasteiger partial charge in [0, 0.05) is 19.1 Å². The molecule has 0 bridgehead atoms. The van der Waals surface area contributed by atoms with Crippen molar-refractivity contribution in [3.8, 4) is 0 Å². The van der Waals surface area contributed by atoms with E-state index in [0.717, 1.165) is 12.0 Å². The van der Waals surface area contributed by atoms with Crippen molar-refractivity contribution in [1.29, 1.82) is 0 Å². The third-order valence-electron chi connectivity index (χ3n) is 3.57. The molecule has 1 N–H and O–H groups in total. The van der Waals surface area contributed by atoms with Crippen molar-refractivity contribution in [3.05, 3.63) is 0 Å². The third-order valence-corrected chi connectivity index (χ3v) is 3.57. The van der Waals surface area contributed by atoms with Crippen LogP contribution in [0.25, 0.3) is 0 Å². The van der Waals surface area contributed by atoms with Gasteiger partial charge in [0.15, 0.2) is 0 Å². The van der Waals surface area contributed by atoms with Crippen molar-refractivity contribution in [2.24, 2.45) is 5.92 Å². The lowest BCUT2D eigenvalue weighted by atomic mass is 10.3. The molecule has 0 spiro atoms. The van der Waals surface area contributed by atoms with E-state index in [1.54, 1.807) is 0 Å². The number of unbranched alkanes of at least 4 members (excludes halogenated alkanes) is 1. The van der Waals surface area contributed by atoms with Gasteiger partial charge in [0.1, 0.15) is 0 Å². The van der Waals surface area contributed by atoms with Gasteiger partial charge in [0.2, 0.25) is 0 Å². The van der Waals surface area contributed by atoms with Crippen LogP contribution < -0.4 is 5.32 Å². The summed E-state index contributed by atoms with van der Waals surface area (Å²) >= 11 is 0. The molecule has 0 radical (unpaired) electrons. The second-order valence-corrected chi connectivity index (χ2v) is 5.27. The standard InChI is InChI=1S/C13H26N2/c1-2-3-9-15(13-6-7-13)10-8-14-11-12-4-5-12/h12-14H,2-11H2,1H3. The lowest BCUT2D eigenvalue weighted by Gasteiger charge is -2.21. The molecule has 2 aliphatic rings. The van der Waals surface area contributed by atoms with Gasteiger partial charge in [-0.25, -0.2) is 0 Å². The van der Waals surface area contributed by atoms with Crippen LogP contribution in [0.15, 0.2) is 0 Å². The molecule has 2 nitrogen and oxygen atoms in total. The first-order valence-electron chi connectivity index (χ1n) is 6.85. The van der Waals surface area contributed by atoms with Gasteiger partial charge < -0.3 is 5.32 Å². The van der Waals surface area contributed by atoms with Crippen LogP contribution in [0, 0.1) is 5.92 Å². The zero-order valence-corrected chi connectivity index (χ0v) is 10.2. The lowest BCUT2D eigenvalue weighted by molar-refractivity contribution is 0.258. The quantitative estimate of drug-likeness (QED) is 0.587. The van der Waals surface area contributed by atoms with E-state index in [0.29, 0.717) is 0 Å². The Hall–Kier alpha value is -0.0800. The summed E-state index contributed by atoms with van der Waals surface area (Å²) in [5, 5.41) is 3.60. The maximum absolute atomic E-state index is 3.60. The fourth-order valence-corrected chi connectivity index (χ4v) is 2.13. The smallest absolute Gasteiger partial charge is 0.0110 e. The molecule has 88 valence electrons. The van der Waals surface area contributed by atoms with Crippen LogP contribution in [0.5, 0.6) is 0 Å². The van der Waals surface area contributed by atoms with Crippen LogP contribution in [-0.4, -0.2) is 37.1 Å². The lowest BCUT2D eigenvalue weighted by Crippen LogP contribution is -2.35. The fourth-order valence-electron chi connectivity index (χ4n) is 2.13. The van der Waals surface area contributed by atoms with Crippen molar-refractivity contribution in [1.82, 2.24) is 10.2 Å². The number of hydrogen-bond donors (Lipinski definition) is 1. The summed E-state index contributed by atoms with van der Waals surface area (Å²) in [5.41, 5.74) is 0. The Labute approximate surface area is 94.4 Å². The first-order chi connectivity index (χ1) is 7.40. The van der Waals surface area contributed by atoms with E-state index in [-0.39, 0.29) is 0 Å². The highest BCUT2D eigenvalue weighted by Gasteiger charge is 2.28. The summed E-state index contributed by atoms with van der Waals surface area (Å²) in [7, 11) is 0. The first-order valence-corrected chi connectivity index (χ1v) is 6.85. The molecule has 0 aromatic heterocycles. The highest BCUT2D eigenvalue weighted by Crippen LogP contribution is 2.28. The summed E-state index contributed by atoms with van der Waals surface area (Å²) < 4.78 is 0. The van der Waals surface area contributed by atoms with E-state index in [2.05, 4.69) is 17.1 Å². The average Bonchev–Trinajstić information content (AvgIpc) is 3.09. The Morgan fingerprint density at radius 2 is 1.93 bits per heavy atom. The van der Waals surface area contributed by atoms with E-state index in [4.69, 9.17) is 0 Å². The molecular formula is C13H26N2. The molecule has 2 aliphatic carbocycles. The van der Waals surface area contributed by atoms with Gasteiger partial charge in [-0.15, -0.1) is 0 Å². The molecule has 0 aromatic rings. The number of nitrogens with one attached hydrogen (secondary N) is 1. The van der Waals surface area contributed by atoms with Gasteiger partial charge in [0.25, 0.3) is 0 Å². The topological polar surface area (TPSA) is 15.3 Å². The molecule has 0 heterocycles. The Morgan fingerprint density at radius 3 is 2.53 bits per heavy atom. The van der Waals surface area contributed by atoms with E-state index < -0.39 is 0 Å². The Kier molecular flexibility index (Phi) is 4.45. The minimum absolute atomic E-state index is 0.944. The molecule has 2 rings (SSSR count). The van der Waals surface area contributed by atoms with Crippen LogP contribution in [0.3, 0.4) is 0 Å². The molecule has 0 atom stereocenters. The second kappa shape index (κ2) is 5.86. The summed E-state index contributed by atoms with van der Waals surface area (Å²) in [6.07, 6.45) is 8.54. The molecule has 2 heteroatoms. The van der Waals surface area contributed by atoms with Crippen molar-refractivity contribution < 1.29 is 0 Å². The van der Waals surface area contributed by atoms with Gasteiger partial charge in [0.05, 0.1) is 0 Å². The summed E-state index contributed by atoms with van der Waals surface area (Å²) in [5.74, 6) is 1.02. The molecule has 0 saturated heterocycles. The zero-order chi connectivity index (χ0) is 10.5. The normalized spacial score (nSPS) is 21.2. The van der Waals surface area contributed by atoms with Gasteiger partial charge in [-0.05, 0) is 51.1 Å². The first kappa shape index (κ1) is 11.4. The zero-order valence-electron chi connectivity index (χ0n) is 10.2. The molecule has 0 aromatic carbocycles. The van der Waals surface area contributed by atoms with Crippen molar-refractivity contribution in [2.75, 3.05) is 26.2 Å². The number of rotatable bonds is 9. The van der Waals surface area contributed by atoms with Crippen molar-refractivity contribution in [2.45, 2.75) is 51.5 Å². The summed E-state index contributed by atoms with van der Waals surface area (Å²) in [6.45, 7) is 7.36. The van der Waals surface area contributed by atoms with Crippen molar-refractivity contribution >= 4 is 0 Å². The fraction of sp³-hybridized carbons (Fsp3) is 1.00. The molecular weight excluding hydrogens is 184 g/mol. The minimum Gasteiger partial charge on any atom is -0.315 e. The summed E-state index contributed by atoms with van der Waals surface area (Å²) in [4.78, 5) is 2.70. The van der Waals surface area contributed by atoms with E-state index in [1.807, 2.05) is 0 Å². The van der Waals surface area contributed by atoms with Crippen LogP contribution in [0.2, 0.25) is 0 Å². The van der Waals surface area contributed by atoms with Gasteiger partial charge in [-0.2, -0.15) is 0 Å².